The van der Waals surface area contributed by atoms with Crippen LogP contribution < -0.4 is 14.8 Å². The molecule has 0 aliphatic carbocycles. The lowest BCUT2D eigenvalue weighted by atomic mass is 10.1. The number of rotatable bonds is 6. The maximum Gasteiger partial charge on any atom is 0.160 e. The molecule has 0 aromatic heterocycles. The van der Waals surface area contributed by atoms with Crippen molar-refractivity contribution in [1.82, 2.24) is 5.32 Å². The minimum absolute atomic E-state index is 0.619. The van der Waals surface area contributed by atoms with Crippen LogP contribution in [0.1, 0.15) is 19.4 Å². The van der Waals surface area contributed by atoms with E-state index in [-0.39, 0.29) is 0 Å². The van der Waals surface area contributed by atoms with E-state index < -0.39 is 0 Å². The first-order valence-electron chi connectivity index (χ1n) is 7.30. The van der Waals surface area contributed by atoms with E-state index in [9.17, 15) is 0 Å². The van der Waals surface area contributed by atoms with Gasteiger partial charge in [-0.3, -0.25) is 4.99 Å². The Labute approximate surface area is 131 Å². The molecule has 0 fully saturated rings. The van der Waals surface area contributed by atoms with Gasteiger partial charge in [0.25, 0.3) is 0 Å². The maximum atomic E-state index is 5.32. The first-order chi connectivity index (χ1) is 10.1. The Bertz CT molecular complexity index is 503. The van der Waals surface area contributed by atoms with Gasteiger partial charge in [-0.25, -0.2) is 0 Å². The molecule has 116 valence electrons. The van der Waals surface area contributed by atoms with Crippen molar-refractivity contribution in [3.05, 3.63) is 23.8 Å². The SMILES string of the molecule is COc1ccc(CCNC2=NCC(C(C)C)S2)cc1OC. The zero-order valence-corrected chi connectivity index (χ0v) is 14.0. The fourth-order valence-electron chi connectivity index (χ4n) is 2.19. The van der Waals surface area contributed by atoms with Gasteiger partial charge in [0.1, 0.15) is 0 Å². The molecule has 0 radical (unpaired) electrons. The molecular weight excluding hydrogens is 284 g/mol. The predicted molar refractivity (Wildman–Crippen MR) is 89.8 cm³/mol. The Kier molecular flexibility index (Phi) is 5.79. The topological polar surface area (TPSA) is 42.8 Å². The zero-order chi connectivity index (χ0) is 15.2. The molecule has 1 aliphatic rings. The number of aliphatic imine (C=N–C) groups is 1. The average molecular weight is 308 g/mol. The third kappa shape index (κ3) is 4.30. The molecule has 0 bridgehead atoms. The Balaban J connectivity index is 1.82. The molecular formula is C16H24N2O2S. The maximum absolute atomic E-state index is 5.32. The summed E-state index contributed by atoms with van der Waals surface area (Å²) >= 11 is 1.86. The van der Waals surface area contributed by atoms with Gasteiger partial charge in [-0.2, -0.15) is 0 Å². The minimum atomic E-state index is 0.619. The molecule has 1 heterocycles. The summed E-state index contributed by atoms with van der Waals surface area (Å²) in [6.07, 6.45) is 0.937. The lowest BCUT2D eigenvalue weighted by molar-refractivity contribution is 0.354. The van der Waals surface area contributed by atoms with Crippen LogP contribution in [-0.4, -0.2) is 37.7 Å². The summed E-state index contributed by atoms with van der Waals surface area (Å²) in [7, 11) is 3.32. The van der Waals surface area contributed by atoms with E-state index in [1.165, 1.54) is 5.56 Å². The molecule has 21 heavy (non-hydrogen) atoms. The van der Waals surface area contributed by atoms with Crippen LogP contribution in [0.25, 0.3) is 0 Å². The highest BCUT2D eigenvalue weighted by Gasteiger charge is 2.21. The van der Waals surface area contributed by atoms with Crippen LogP contribution in [0.5, 0.6) is 11.5 Å². The molecule has 1 aliphatic heterocycles. The van der Waals surface area contributed by atoms with Crippen molar-refractivity contribution >= 4 is 16.9 Å². The van der Waals surface area contributed by atoms with E-state index in [4.69, 9.17) is 9.47 Å². The molecule has 1 atom stereocenters. The van der Waals surface area contributed by atoms with Crippen molar-refractivity contribution in [3.63, 3.8) is 0 Å². The predicted octanol–water partition coefficient (Wildman–Crippen LogP) is 2.96. The van der Waals surface area contributed by atoms with Crippen molar-refractivity contribution in [3.8, 4) is 11.5 Å². The quantitative estimate of drug-likeness (QED) is 0.877. The van der Waals surface area contributed by atoms with Crippen molar-refractivity contribution in [2.75, 3.05) is 27.3 Å². The number of thioether (sulfide) groups is 1. The number of methoxy groups -OCH3 is 2. The van der Waals surface area contributed by atoms with Crippen LogP contribution in [-0.2, 0) is 6.42 Å². The number of amidine groups is 1. The molecule has 2 rings (SSSR count). The number of nitrogens with zero attached hydrogens (tertiary/aromatic N) is 1. The highest BCUT2D eigenvalue weighted by molar-refractivity contribution is 8.14. The second-order valence-corrected chi connectivity index (χ2v) is 6.64. The third-order valence-corrected chi connectivity index (χ3v) is 5.05. The highest BCUT2D eigenvalue weighted by Crippen LogP contribution is 2.28. The van der Waals surface area contributed by atoms with Crippen molar-refractivity contribution in [2.45, 2.75) is 25.5 Å². The second kappa shape index (κ2) is 7.59. The van der Waals surface area contributed by atoms with Crippen LogP contribution in [0.4, 0.5) is 0 Å². The normalized spacial score (nSPS) is 17.8. The van der Waals surface area contributed by atoms with Crippen LogP contribution in [0.2, 0.25) is 0 Å². The van der Waals surface area contributed by atoms with Crippen LogP contribution in [0, 0.1) is 5.92 Å². The Morgan fingerprint density at radius 2 is 2.05 bits per heavy atom. The summed E-state index contributed by atoms with van der Waals surface area (Å²) in [6.45, 7) is 6.31. The minimum Gasteiger partial charge on any atom is -0.493 e. The van der Waals surface area contributed by atoms with E-state index in [1.54, 1.807) is 14.2 Å². The van der Waals surface area contributed by atoms with E-state index >= 15 is 0 Å². The van der Waals surface area contributed by atoms with Crippen LogP contribution in [0.15, 0.2) is 23.2 Å². The molecule has 5 heteroatoms. The number of hydrogen-bond donors (Lipinski definition) is 1. The van der Waals surface area contributed by atoms with Crippen molar-refractivity contribution < 1.29 is 9.47 Å². The zero-order valence-electron chi connectivity index (χ0n) is 13.2. The summed E-state index contributed by atoms with van der Waals surface area (Å²) in [5.74, 6) is 2.22. The largest absolute Gasteiger partial charge is 0.493 e. The number of ether oxygens (including phenoxy) is 2. The number of nitrogens with one attached hydrogen (secondary N) is 1. The summed E-state index contributed by atoms with van der Waals surface area (Å²) in [4.78, 5) is 4.55. The van der Waals surface area contributed by atoms with Gasteiger partial charge in [0.15, 0.2) is 16.7 Å². The summed E-state index contributed by atoms with van der Waals surface area (Å²) in [6, 6.07) is 6.05. The monoisotopic (exact) mass is 308 g/mol. The Morgan fingerprint density at radius 1 is 1.29 bits per heavy atom. The molecule has 1 aromatic carbocycles. The molecule has 1 N–H and O–H groups in total. The first-order valence-corrected chi connectivity index (χ1v) is 8.18. The van der Waals surface area contributed by atoms with Gasteiger partial charge in [-0.1, -0.05) is 31.7 Å². The van der Waals surface area contributed by atoms with E-state index in [2.05, 4.69) is 30.2 Å². The van der Waals surface area contributed by atoms with E-state index in [0.29, 0.717) is 11.2 Å². The van der Waals surface area contributed by atoms with Gasteiger partial charge in [-0.05, 0) is 30.0 Å². The van der Waals surface area contributed by atoms with Crippen LogP contribution in [0.3, 0.4) is 0 Å². The fraction of sp³-hybridized carbons (Fsp3) is 0.562. The van der Waals surface area contributed by atoms with Crippen LogP contribution >= 0.6 is 11.8 Å². The van der Waals surface area contributed by atoms with Gasteiger partial charge in [-0.15, -0.1) is 0 Å². The highest BCUT2D eigenvalue weighted by atomic mass is 32.2. The summed E-state index contributed by atoms with van der Waals surface area (Å²) < 4.78 is 10.6. The molecule has 0 saturated carbocycles. The summed E-state index contributed by atoms with van der Waals surface area (Å²) in [5, 5.41) is 5.12. The molecule has 0 amide bonds. The van der Waals surface area contributed by atoms with Gasteiger partial charge < -0.3 is 14.8 Å². The third-order valence-electron chi connectivity index (χ3n) is 3.56. The molecule has 4 nitrogen and oxygen atoms in total. The molecule has 0 saturated heterocycles. The van der Waals surface area contributed by atoms with E-state index in [0.717, 1.165) is 36.2 Å². The Morgan fingerprint density at radius 3 is 2.67 bits per heavy atom. The van der Waals surface area contributed by atoms with Gasteiger partial charge in [0.2, 0.25) is 0 Å². The lowest BCUT2D eigenvalue weighted by Gasteiger charge is -2.12. The number of hydrogen-bond acceptors (Lipinski definition) is 5. The van der Waals surface area contributed by atoms with Crippen molar-refractivity contribution in [2.24, 2.45) is 10.9 Å². The first kappa shape index (κ1) is 16.0. The lowest BCUT2D eigenvalue weighted by Crippen LogP contribution is -2.23. The smallest absolute Gasteiger partial charge is 0.160 e. The summed E-state index contributed by atoms with van der Waals surface area (Å²) in [5.41, 5.74) is 1.23. The van der Waals surface area contributed by atoms with Gasteiger partial charge in [0.05, 0.1) is 20.8 Å². The van der Waals surface area contributed by atoms with Crippen molar-refractivity contribution in [1.29, 1.82) is 0 Å². The standard InChI is InChI=1S/C16H24N2O2S/c1-11(2)15-10-18-16(21-15)17-8-7-12-5-6-13(19-3)14(9-12)20-4/h5-6,9,11,15H,7-8,10H2,1-4H3,(H,17,18). The molecule has 0 spiro atoms. The van der Waals surface area contributed by atoms with Gasteiger partial charge in [0, 0.05) is 11.8 Å². The average Bonchev–Trinajstić information content (AvgIpc) is 2.96. The Hall–Kier alpha value is -1.36. The molecule has 1 aromatic rings. The number of benzene rings is 1. The van der Waals surface area contributed by atoms with E-state index in [1.807, 2.05) is 23.9 Å². The second-order valence-electron chi connectivity index (χ2n) is 5.41. The van der Waals surface area contributed by atoms with Gasteiger partial charge >= 0.3 is 0 Å². The molecule has 1 unspecified atom stereocenters. The fourth-order valence-corrected chi connectivity index (χ4v) is 3.23.